The Balaban J connectivity index is 3.99. The maximum Gasteiger partial charge on any atom is 0.238 e. The summed E-state index contributed by atoms with van der Waals surface area (Å²) in [5, 5.41) is 8.48. The van der Waals surface area contributed by atoms with Crippen molar-refractivity contribution in [3.8, 4) is 6.07 Å². The quantitative estimate of drug-likeness (QED) is 0.434. The number of nitrogens with zero attached hydrogens (tertiary/aromatic N) is 1. The molecular formula is C7H11NO3. The second-order valence-electron chi connectivity index (χ2n) is 1.69. The molecule has 4 nitrogen and oxygen atoms in total. The van der Waals surface area contributed by atoms with Crippen LogP contribution in [0.25, 0.3) is 0 Å². The zero-order chi connectivity index (χ0) is 8.69. The SMILES string of the molecule is C=COC(OC)C(C#N)OC. The summed E-state index contributed by atoms with van der Waals surface area (Å²) >= 11 is 0. The zero-order valence-electron chi connectivity index (χ0n) is 6.61. The first-order chi connectivity index (χ1) is 5.29. The van der Waals surface area contributed by atoms with E-state index in [-0.39, 0.29) is 0 Å². The average molecular weight is 157 g/mol. The largest absolute Gasteiger partial charge is 0.469 e. The lowest BCUT2D eigenvalue weighted by atomic mass is 10.4. The number of ether oxygens (including phenoxy) is 3. The fourth-order valence-electron chi connectivity index (χ4n) is 0.570. The summed E-state index contributed by atoms with van der Waals surface area (Å²) in [6, 6.07) is 1.87. The summed E-state index contributed by atoms with van der Waals surface area (Å²) in [4.78, 5) is 0. The molecule has 0 fully saturated rings. The van der Waals surface area contributed by atoms with E-state index in [2.05, 4.69) is 6.58 Å². The molecule has 0 aromatic rings. The molecule has 0 aliphatic rings. The van der Waals surface area contributed by atoms with Gasteiger partial charge in [0.25, 0.3) is 0 Å². The molecule has 62 valence electrons. The summed E-state index contributed by atoms with van der Waals surface area (Å²) in [6.45, 7) is 3.33. The highest BCUT2D eigenvalue weighted by atomic mass is 16.7. The van der Waals surface area contributed by atoms with Gasteiger partial charge in [0.2, 0.25) is 12.4 Å². The van der Waals surface area contributed by atoms with Gasteiger partial charge < -0.3 is 14.2 Å². The van der Waals surface area contributed by atoms with Crippen molar-refractivity contribution in [2.75, 3.05) is 14.2 Å². The molecule has 0 rings (SSSR count). The molecule has 0 aliphatic carbocycles. The predicted octanol–water partition coefficient (Wildman–Crippen LogP) is 0.658. The third-order valence-electron chi connectivity index (χ3n) is 1.09. The molecule has 0 N–H and O–H groups in total. The molecule has 0 saturated carbocycles. The minimum atomic E-state index is -0.724. The molecule has 11 heavy (non-hydrogen) atoms. The fourth-order valence-corrected chi connectivity index (χ4v) is 0.570. The number of hydrogen-bond donors (Lipinski definition) is 0. The van der Waals surface area contributed by atoms with E-state index in [9.17, 15) is 0 Å². The Morgan fingerprint density at radius 3 is 2.36 bits per heavy atom. The van der Waals surface area contributed by atoms with Crippen LogP contribution in [0, 0.1) is 11.3 Å². The predicted molar refractivity (Wildman–Crippen MR) is 38.5 cm³/mol. The van der Waals surface area contributed by atoms with Crippen molar-refractivity contribution in [3.05, 3.63) is 12.8 Å². The number of methoxy groups -OCH3 is 2. The van der Waals surface area contributed by atoms with Crippen molar-refractivity contribution in [3.63, 3.8) is 0 Å². The molecule has 0 amide bonds. The van der Waals surface area contributed by atoms with E-state index in [1.807, 2.05) is 6.07 Å². The molecule has 0 radical (unpaired) electrons. The van der Waals surface area contributed by atoms with E-state index in [4.69, 9.17) is 19.5 Å². The molecule has 0 aliphatic heterocycles. The summed E-state index contributed by atoms with van der Waals surface area (Å²) in [6.07, 6.45) is -0.224. The normalized spacial score (nSPS) is 14.6. The molecule has 0 aromatic heterocycles. The minimum Gasteiger partial charge on any atom is -0.469 e. The Hall–Kier alpha value is -1.05. The van der Waals surface area contributed by atoms with Crippen molar-refractivity contribution < 1.29 is 14.2 Å². The lowest BCUT2D eigenvalue weighted by molar-refractivity contribution is -0.141. The molecule has 4 heteroatoms. The van der Waals surface area contributed by atoms with Crippen LogP contribution < -0.4 is 0 Å². The second-order valence-corrected chi connectivity index (χ2v) is 1.69. The van der Waals surface area contributed by atoms with E-state index in [1.165, 1.54) is 20.5 Å². The lowest BCUT2D eigenvalue weighted by Gasteiger charge is -2.17. The molecule has 0 aromatic carbocycles. The van der Waals surface area contributed by atoms with Gasteiger partial charge in [-0.1, -0.05) is 6.58 Å². The van der Waals surface area contributed by atoms with Gasteiger partial charge in [-0.3, -0.25) is 0 Å². The fraction of sp³-hybridized carbons (Fsp3) is 0.571. The van der Waals surface area contributed by atoms with Crippen LogP contribution in [-0.4, -0.2) is 26.6 Å². The summed E-state index contributed by atoms with van der Waals surface area (Å²) in [5.41, 5.74) is 0. The highest BCUT2D eigenvalue weighted by molar-refractivity contribution is 4.87. The topological polar surface area (TPSA) is 51.5 Å². The van der Waals surface area contributed by atoms with E-state index in [1.54, 1.807) is 0 Å². The van der Waals surface area contributed by atoms with Crippen LogP contribution in [0.3, 0.4) is 0 Å². The summed E-state index contributed by atoms with van der Waals surface area (Å²) in [5.74, 6) is 0. The van der Waals surface area contributed by atoms with E-state index < -0.39 is 12.4 Å². The molecule has 0 saturated heterocycles. The van der Waals surface area contributed by atoms with Crippen molar-refractivity contribution in [1.29, 1.82) is 5.26 Å². The van der Waals surface area contributed by atoms with Gasteiger partial charge in [-0.05, 0) is 0 Å². The van der Waals surface area contributed by atoms with Crippen LogP contribution in [0.2, 0.25) is 0 Å². The van der Waals surface area contributed by atoms with Gasteiger partial charge >= 0.3 is 0 Å². The third-order valence-corrected chi connectivity index (χ3v) is 1.09. The van der Waals surface area contributed by atoms with Gasteiger partial charge in [0, 0.05) is 14.2 Å². The van der Waals surface area contributed by atoms with Crippen LogP contribution in [0.1, 0.15) is 0 Å². The zero-order valence-corrected chi connectivity index (χ0v) is 6.61. The van der Waals surface area contributed by atoms with E-state index in [0.717, 1.165) is 0 Å². The van der Waals surface area contributed by atoms with Gasteiger partial charge in [0.05, 0.1) is 6.26 Å². The Morgan fingerprint density at radius 1 is 1.45 bits per heavy atom. The Kier molecular flexibility index (Phi) is 5.17. The molecule has 2 unspecified atom stereocenters. The van der Waals surface area contributed by atoms with Gasteiger partial charge in [0.1, 0.15) is 6.07 Å². The average Bonchev–Trinajstić information content (AvgIpc) is 2.05. The maximum absolute atomic E-state index is 8.48. The Morgan fingerprint density at radius 2 is 2.09 bits per heavy atom. The van der Waals surface area contributed by atoms with Crippen LogP contribution in [-0.2, 0) is 14.2 Å². The van der Waals surface area contributed by atoms with Crippen molar-refractivity contribution in [2.45, 2.75) is 12.4 Å². The van der Waals surface area contributed by atoms with Crippen LogP contribution in [0.4, 0.5) is 0 Å². The first-order valence-electron chi connectivity index (χ1n) is 3.01. The molecule has 0 spiro atoms. The smallest absolute Gasteiger partial charge is 0.238 e. The summed E-state index contributed by atoms with van der Waals surface area (Å²) in [7, 11) is 2.84. The first kappa shape index (κ1) is 9.95. The molecule has 0 bridgehead atoms. The molecular weight excluding hydrogens is 146 g/mol. The van der Waals surface area contributed by atoms with Crippen LogP contribution in [0.15, 0.2) is 12.8 Å². The van der Waals surface area contributed by atoms with Crippen LogP contribution >= 0.6 is 0 Å². The van der Waals surface area contributed by atoms with Gasteiger partial charge in [-0.25, -0.2) is 0 Å². The standard InChI is InChI=1S/C7H11NO3/c1-4-11-7(10-3)6(5-8)9-2/h4,6-7H,1H2,2-3H3. The number of hydrogen-bond acceptors (Lipinski definition) is 4. The molecule has 2 atom stereocenters. The molecule has 0 heterocycles. The first-order valence-corrected chi connectivity index (χ1v) is 3.01. The monoisotopic (exact) mass is 157 g/mol. The van der Waals surface area contributed by atoms with Crippen LogP contribution in [0.5, 0.6) is 0 Å². The second kappa shape index (κ2) is 5.71. The lowest BCUT2D eigenvalue weighted by Crippen LogP contribution is -2.29. The Bertz CT molecular complexity index is 152. The van der Waals surface area contributed by atoms with Crippen molar-refractivity contribution >= 4 is 0 Å². The Labute approximate surface area is 66.0 Å². The number of rotatable bonds is 5. The third kappa shape index (κ3) is 3.03. The van der Waals surface area contributed by atoms with Gasteiger partial charge in [-0.2, -0.15) is 5.26 Å². The van der Waals surface area contributed by atoms with Gasteiger partial charge in [-0.15, -0.1) is 0 Å². The minimum absolute atomic E-state index is 0.706. The van der Waals surface area contributed by atoms with Crippen molar-refractivity contribution in [2.24, 2.45) is 0 Å². The highest BCUT2D eigenvalue weighted by Crippen LogP contribution is 2.03. The van der Waals surface area contributed by atoms with Gasteiger partial charge in [0.15, 0.2) is 0 Å². The summed E-state index contributed by atoms with van der Waals surface area (Å²) < 4.78 is 14.4. The van der Waals surface area contributed by atoms with E-state index >= 15 is 0 Å². The number of nitriles is 1. The maximum atomic E-state index is 8.48. The van der Waals surface area contributed by atoms with Crippen molar-refractivity contribution in [1.82, 2.24) is 0 Å². The highest BCUT2D eigenvalue weighted by Gasteiger charge is 2.20. The van der Waals surface area contributed by atoms with E-state index in [0.29, 0.717) is 0 Å².